The summed E-state index contributed by atoms with van der Waals surface area (Å²) in [5.41, 5.74) is 6.53. The first kappa shape index (κ1) is 19.3. The second-order valence-corrected chi connectivity index (χ2v) is 7.09. The van der Waals surface area contributed by atoms with E-state index < -0.39 is 5.97 Å². The van der Waals surface area contributed by atoms with E-state index in [-0.39, 0.29) is 28.3 Å². The van der Waals surface area contributed by atoms with Crippen molar-refractivity contribution in [3.05, 3.63) is 17.2 Å². The first-order valence-corrected chi connectivity index (χ1v) is 9.65. The third kappa shape index (κ3) is 4.45. The van der Waals surface area contributed by atoms with Crippen LogP contribution in [0.15, 0.2) is 6.07 Å². The van der Waals surface area contributed by atoms with Crippen LogP contribution < -0.4 is 15.2 Å². The Morgan fingerprint density at radius 2 is 2.04 bits per heavy atom. The molecule has 1 aromatic carbocycles. The molecular weight excluding hydrogens is 345 g/mol. The molecule has 0 spiro atoms. The highest BCUT2D eigenvalue weighted by Gasteiger charge is 2.28. The van der Waals surface area contributed by atoms with Crippen LogP contribution in [0.4, 0.5) is 5.69 Å². The number of piperidine rings is 1. The van der Waals surface area contributed by atoms with Crippen LogP contribution in [0, 0.1) is 17.2 Å². The van der Waals surface area contributed by atoms with Crippen molar-refractivity contribution >= 4 is 11.7 Å². The van der Waals surface area contributed by atoms with Crippen molar-refractivity contribution in [3.63, 3.8) is 0 Å². The third-order valence-electron chi connectivity index (χ3n) is 5.18. The number of hydrogen-bond acceptors (Lipinski definition) is 7. The lowest BCUT2D eigenvalue weighted by Crippen LogP contribution is -2.36. The van der Waals surface area contributed by atoms with Gasteiger partial charge in [0, 0.05) is 0 Å². The molecule has 0 radical (unpaired) electrons. The first-order chi connectivity index (χ1) is 13.1. The Labute approximate surface area is 160 Å². The number of nitrogens with two attached hydrogens (primary N) is 1. The summed E-state index contributed by atoms with van der Waals surface area (Å²) in [6.45, 7) is 6.49. The number of unbranched alkanes of at least 4 members (excludes halogenated alkanes) is 1. The van der Waals surface area contributed by atoms with Gasteiger partial charge in [0.1, 0.15) is 24.8 Å². The van der Waals surface area contributed by atoms with Gasteiger partial charge in [0.2, 0.25) is 0 Å². The zero-order valence-corrected chi connectivity index (χ0v) is 15.8. The number of rotatable bonds is 6. The van der Waals surface area contributed by atoms with Gasteiger partial charge in [-0.2, -0.15) is 5.26 Å². The van der Waals surface area contributed by atoms with Gasteiger partial charge in [-0.15, -0.1) is 0 Å². The summed E-state index contributed by atoms with van der Waals surface area (Å²) in [5, 5.41) is 9.26. The predicted octanol–water partition coefficient (Wildman–Crippen LogP) is 2.58. The van der Waals surface area contributed by atoms with Crippen molar-refractivity contribution in [1.82, 2.24) is 4.90 Å². The van der Waals surface area contributed by atoms with Crippen molar-refractivity contribution in [1.29, 1.82) is 5.26 Å². The third-order valence-corrected chi connectivity index (χ3v) is 5.18. The van der Waals surface area contributed by atoms with Crippen LogP contribution in [0.2, 0.25) is 0 Å². The highest BCUT2D eigenvalue weighted by Crippen LogP contribution is 2.41. The van der Waals surface area contributed by atoms with E-state index in [4.69, 9.17) is 19.9 Å². The topological polar surface area (TPSA) is 97.8 Å². The van der Waals surface area contributed by atoms with Crippen molar-refractivity contribution in [2.24, 2.45) is 5.92 Å². The minimum absolute atomic E-state index is 0.190. The van der Waals surface area contributed by atoms with E-state index >= 15 is 0 Å². The average Bonchev–Trinajstić information content (AvgIpc) is 2.71. The molecule has 1 saturated heterocycles. The molecule has 0 amide bonds. The monoisotopic (exact) mass is 372 g/mol. The highest BCUT2D eigenvalue weighted by molar-refractivity contribution is 5.96. The molecule has 2 heterocycles. The average molecular weight is 372 g/mol. The number of nitriles is 1. The molecule has 2 aliphatic heterocycles. The molecule has 2 N–H and O–H groups in total. The Morgan fingerprint density at radius 3 is 2.70 bits per heavy atom. The Morgan fingerprint density at radius 1 is 1.33 bits per heavy atom. The second kappa shape index (κ2) is 8.96. The number of anilines is 1. The van der Waals surface area contributed by atoms with Gasteiger partial charge >= 0.3 is 5.97 Å². The summed E-state index contributed by atoms with van der Waals surface area (Å²) in [5.74, 6) is 0.402. The molecule has 2 aliphatic rings. The maximum absolute atomic E-state index is 12.6. The van der Waals surface area contributed by atoms with Gasteiger partial charge in [-0.1, -0.05) is 13.3 Å². The lowest BCUT2D eigenvalue weighted by Gasteiger charge is -2.31. The number of likely N-dealkylation sites (tertiary alicyclic amines) is 1. The number of carbonyl (C=O) groups is 1. The normalized spacial score (nSPS) is 17.3. The highest BCUT2D eigenvalue weighted by atomic mass is 16.6. The number of esters is 1. The van der Waals surface area contributed by atoms with Crippen LogP contribution in [0.5, 0.6) is 11.5 Å². The number of ether oxygens (including phenoxy) is 3. The summed E-state index contributed by atoms with van der Waals surface area (Å²) >= 11 is 0. The molecule has 27 heavy (non-hydrogen) atoms. The van der Waals surface area contributed by atoms with Crippen molar-refractivity contribution in [3.8, 4) is 17.6 Å². The SMILES string of the molecule is CCCCN1CCC(COC(=O)c2cc([11C]#N)c(N)c3c2OCCO3)CC1. The fraction of sp³-hybridized carbons (Fsp3) is 0.600. The van der Waals surface area contributed by atoms with Crippen molar-refractivity contribution in [2.75, 3.05) is 45.2 Å². The maximum atomic E-state index is 12.6. The predicted molar refractivity (Wildman–Crippen MR) is 101 cm³/mol. The van der Waals surface area contributed by atoms with Crippen LogP contribution in [0.1, 0.15) is 48.5 Å². The summed E-state index contributed by atoms with van der Waals surface area (Å²) < 4.78 is 16.6. The van der Waals surface area contributed by atoms with Crippen LogP contribution in [-0.4, -0.2) is 50.3 Å². The Kier molecular flexibility index (Phi) is 6.40. The molecule has 0 unspecified atom stereocenters. The standard InChI is InChI=1S/C20H27N3O4/c1-2-3-6-23-7-4-14(5-8-23)13-27-20(24)16-11-15(12-21)17(22)19-18(16)25-9-10-26-19/h11,14H,2-10,13,22H2,1H3/i12-1. The lowest BCUT2D eigenvalue weighted by atomic mass is 9.94. The van der Waals surface area contributed by atoms with E-state index in [2.05, 4.69) is 11.8 Å². The first-order valence-electron chi connectivity index (χ1n) is 9.65. The summed E-state index contributed by atoms with van der Waals surface area (Å²) in [6.07, 6.45) is 4.49. The number of nitrogen functional groups attached to an aromatic ring is 1. The molecule has 0 bridgehead atoms. The van der Waals surface area contributed by atoms with E-state index in [1.54, 1.807) is 0 Å². The lowest BCUT2D eigenvalue weighted by molar-refractivity contribution is 0.0364. The number of carbonyl (C=O) groups excluding carboxylic acids is 1. The minimum Gasteiger partial charge on any atom is -0.485 e. The molecule has 0 atom stereocenters. The molecule has 1 aromatic rings. The van der Waals surface area contributed by atoms with Gasteiger partial charge in [0.25, 0.3) is 0 Å². The number of fused-ring (bicyclic) bond motifs is 1. The van der Waals surface area contributed by atoms with E-state index in [9.17, 15) is 10.1 Å². The van der Waals surface area contributed by atoms with Crippen LogP contribution in [0.3, 0.4) is 0 Å². The fourth-order valence-electron chi connectivity index (χ4n) is 3.50. The van der Waals surface area contributed by atoms with Gasteiger partial charge in [-0.25, -0.2) is 4.79 Å². The zero-order valence-electron chi connectivity index (χ0n) is 15.8. The minimum atomic E-state index is -0.498. The Hall–Kier alpha value is -2.46. The van der Waals surface area contributed by atoms with E-state index in [1.807, 2.05) is 6.07 Å². The van der Waals surface area contributed by atoms with Gasteiger partial charge in [0.05, 0.1) is 17.9 Å². The fourth-order valence-corrected chi connectivity index (χ4v) is 3.50. The Bertz CT molecular complexity index is 721. The van der Waals surface area contributed by atoms with Gasteiger partial charge < -0.3 is 24.8 Å². The largest absolute Gasteiger partial charge is 0.485 e. The van der Waals surface area contributed by atoms with Crippen LogP contribution in [-0.2, 0) is 4.74 Å². The number of nitrogens with zero attached hydrogens (tertiary/aromatic N) is 2. The second-order valence-electron chi connectivity index (χ2n) is 7.09. The van der Waals surface area contributed by atoms with Crippen LogP contribution >= 0.6 is 0 Å². The summed E-state index contributed by atoms with van der Waals surface area (Å²) in [4.78, 5) is 15.1. The Balaban J connectivity index is 1.61. The molecule has 0 saturated carbocycles. The molecule has 0 aliphatic carbocycles. The number of benzene rings is 1. The maximum Gasteiger partial charge on any atom is 0.342 e. The van der Waals surface area contributed by atoms with E-state index in [0.717, 1.165) is 32.5 Å². The van der Waals surface area contributed by atoms with Crippen molar-refractivity contribution in [2.45, 2.75) is 32.6 Å². The van der Waals surface area contributed by atoms with Gasteiger partial charge in [-0.3, -0.25) is 0 Å². The molecule has 0 aromatic heterocycles. The smallest absolute Gasteiger partial charge is 0.342 e. The zero-order chi connectivity index (χ0) is 19.2. The summed E-state index contributed by atoms with van der Waals surface area (Å²) in [7, 11) is 0. The van der Waals surface area contributed by atoms with Crippen LogP contribution in [0.25, 0.3) is 0 Å². The molecule has 7 heteroatoms. The van der Waals surface area contributed by atoms with Crippen molar-refractivity contribution < 1.29 is 19.0 Å². The number of hydrogen-bond donors (Lipinski definition) is 1. The van der Waals surface area contributed by atoms with E-state index in [0.29, 0.717) is 25.7 Å². The van der Waals surface area contributed by atoms with Gasteiger partial charge in [0.15, 0.2) is 11.5 Å². The van der Waals surface area contributed by atoms with E-state index in [1.165, 1.54) is 18.9 Å². The quantitative estimate of drug-likeness (QED) is 0.605. The molecule has 1 fully saturated rings. The molecule has 7 nitrogen and oxygen atoms in total. The molecule has 3 rings (SSSR count). The molecular formula is C20H27N3O4. The summed E-state index contributed by atoms with van der Waals surface area (Å²) in [6, 6.07) is 3.42. The van der Waals surface area contributed by atoms with Gasteiger partial charge in [-0.05, 0) is 50.9 Å². The molecule has 146 valence electrons.